The highest BCUT2D eigenvalue weighted by molar-refractivity contribution is 5.39. The molecule has 2 aliphatic carbocycles. The molecule has 1 aromatic rings. The first-order valence-electron chi connectivity index (χ1n) is 7.79. The van der Waals surface area contributed by atoms with E-state index in [2.05, 4.69) is 18.2 Å². The molecule has 0 spiro atoms. The Morgan fingerprint density at radius 1 is 1.15 bits per heavy atom. The van der Waals surface area contributed by atoms with E-state index in [-0.39, 0.29) is 5.92 Å². The predicted molar refractivity (Wildman–Crippen MR) is 79.1 cm³/mol. The number of fused-ring (bicyclic) bond motifs is 1. The molecule has 106 valence electrons. The molecule has 0 radical (unpaired) electrons. The number of aliphatic hydroxyl groups is 1. The van der Waals surface area contributed by atoms with Crippen LogP contribution in [-0.2, 0) is 12.8 Å². The van der Waals surface area contributed by atoms with Crippen LogP contribution in [0.5, 0.6) is 0 Å². The molecule has 0 aliphatic heterocycles. The number of hydrogen-bond donors (Lipinski definition) is 1. The first-order valence-corrected chi connectivity index (χ1v) is 7.79. The molecular formula is C18H23NO. The van der Waals surface area contributed by atoms with E-state index in [9.17, 15) is 10.4 Å². The van der Waals surface area contributed by atoms with Gasteiger partial charge in [0.25, 0.3) is 0 Å². The maximum Gasteiger partial charge on any atom is 0.0940 e. The van der Waals surface area contributed by atoms with Gasteiger partial charge in [-0.05, 0) is 49.7 Å². The average molecular weight is 269 g/mol. The first kappa shape index (κ1) is 13.6. The summed E-state index contributed by atoms with van der Waals surface area (Å²) in [6.07, 6.45) is 7.17. The smallest absolute Gasteiger partial charge is 0.0940 e. The molecule has 0 saturated heterocycles. The Bertz CT molecular complexity index is 510. The van der Waals surface area contributed by atoms with Gasteiger partial charge in [-0.15, -0.1) is 0 Å². The molecule has 2 heteroatoms. The maximum absolute atomic E-state index is 11.2. The molecule has 1 fully saturated rings. The van der Waals surface area contributed by atoms with E-state index in [0.717, 1.165) is 12.8 Å². The second-order valence-electron chi connectivity index (χ2n) is 6.80. The highest BCUT2D eigenvalue weighted by Gasteiger charge is 2.54. The summed E-state index contributed by atoms with van der Waals surface area (Å²) in [6, 6.07) is 10.8. The summed E-state index contributed by atoms with van der Waals surface area (Å²) >= 11 is 0. The second kappa shape index (κ2) is 4.90. The van der Waals surface area contributed by atoms with Crippen LogP contribution in [0.2, 0.25) is 0 Å². The van der Waals surface area contributed by atoms with Crippen molar-refractivity contribution >= 4 is 0 Å². The minimum Gasteiger partial charge on any atom is -0.388 e. The third-order valence-electron chi connectivity index (χ3n) is 5.69. The molecule has 0 amide bonds. The molecule has 20 heavy (non-hydrogen) atoms. The van der Waals surface area contributed by atoms with E-state index in [1.165, 1.54) is 30.4 Å². The van der Waals surface area contributed by atoms with Crippen molar-refractivity contribution in [3.63, 3.8) is 0 Å². The van der Waals surface area contributed by atoms with Crippen LogP contribution in [0.3, 0.4) is 0 Å². The highest BCUT2D eigenvalue weighted by Crippen LogP contribution is 2.50. The Balaban J connectivity index is 1.93. The van der Waals surface area contributed by atoms with Gasteiger partial charge in [0.05, 0.1) is 17.1 Å². The van der Waals surface area contributed by atoms with E-state index in [1.807, 2.05) is 19.1 Å². The molecule has 1 unspecified atom stereocenters. The second-order valence-corrected chi connectivity index (χ2v) is 6.80. The fraction of sp³-hybridized carbons (Fsp3) is 0.611. The van der Waals surface area contributed by atoms with Crippen molar-refractivity contribution in [2.24, 2.45) is 11.3 Å². The van der Waals surface area contributed by atoms with Crippen LogP contribution in [0.1, 0.15) is 50.2 Å². The summed E-state index contributed by atoms with van der Waals surface area (Å²) in [6.45, 7) is 1.91. The zero-order valence-corrected chi connectivity index (χ0v) is 12.2. The number of rotatable bonds is 2. The Labute approximate surface area is 121 Å². The molecule has 2 aliphatic rings. The predicted octanol–water partition coefficient (Wildman–Crippen LogP) is 3.63. The summed E-state index contributed by atoms with van der Waals surface area (Å²) in [5.74, 6) is 0.269. The quantitative estimate of drug-likeness (QED) is 0.891. The summed E-state index contributed by atoms with van der Waals surface area (Å²) in [7, 11) is 0. The van der Waals surface area contributed by atoms with E-state index in [0.29, 0.717) is 12.8 Å². The van der Waals surface area contributed by atoms with E-state index >= 15 is 0 Å². The number of nitriles is 1. The van der Waals surface area contributed by atoms with Crippen molar-refractivity contribution in [1.82, 2.24) is 0 Å². The fourth-order valence-corrected chi connectivity index (χ4v) is 4.22. The molecule has 1 saturated carbocycles. The Kier molecular flexibility index (Phi) is 3.34. The van der Waals surface area contributed by atoms with Gasteiger partial charge in [0.2, 0.25) is 0 Å². The van der Waals surface area contributed by atoms with E-state index in [4.69, 9.17) is 0 Å². The molecule has 3 rings (SSSR count). The lowest BCUT2D eigenvalue weighted by molar-refractivity contribution is -0.0935. The van der Waals surface area contributed by atoms with Crippen molar-refractivity contribution in [2.75, 3.05) is 0 Å². The zero-order valence-electron chi connectivity index (χ0n) is 12.2. The molecular weight excluding hydrogens is 246 g/mol. The van der Waals surface area contributed by atoms with Crippen molar-refractivity contribution in [1.29, 1.82) is 5.26 Å². The van der Waals surface area contributed by atoms with Gasteiger partial charge in [-0.1, -0.05) is 43.5 Å². The topological polar surface area (TPSA) is 44.0 Å². The van der Waals surface area contributed by atoms with Crippen LogP contribution < -0.4 is 0 Å². The van der Waals surface area contributed by atoms with Gasteiger partial charge in [-0.2, -0.15) is 5.26 Å². The lowest BCUT2D eigenvalue weighted by atomic mass is 9.62. The van der Waals surface area contributed by atoms with Crippen LogP contribution in [0.4, 0.5) is 0 Å². The van der Waals surface area contributed by atoms with Crippen molar-refractivity contribution in [2.45, 2.75) is 57.5 Å². The van der Waals surface area contributed by atoms with Crippen LogP contribution in [-0.4, -0.2) is 10.7 Å². The summed E-state index contributed by atoms with van der Waals surface area (Å²) in [5, 5.41) is 21.1. The molecule has 0 heterocycles. The van der Waals surface area contributed by atoms with Gasteiger partial charge in [0, 0.05) is 0 Å². The fourth-order valence-electron chi connectivity index (χ4n) is 4.22. The van der Waals surface area contributed by atoms with Gasteiger partial charge in [0.15, 0.2) is 0 Å². The van der Waals surface area contributed by atoms with Crippen molar-refractivity contribution in [3.8, 4) is 6.07 Å². The normalized spacial score (nSPS) is 24.6. The van der Waals surface area contributed by atoms with Crippen molar-refractivity contribution in [3.05, 3.63) is 35.4 Å². The van der Waals surface area contributed by atoms with Gasteiger partial charge in [-0.3, -0.25) is 0 Å². The first-order chi connectivity index (χ1) is 9.59. The molecule has 0 bridgehead atoms. The lowest BCUT2D eigenvalue weighted by Crippen LogP contribution is -2.52. The Hall–Kier alpha value is -1.33. The van der Waals surface area contributed by atoms with E-state index in [1.54, 1.807) is 0 Å². The highest BCUT2D eigenvalue weighted by atomic mass is 16.3. The monoisotopic (exact) mass is 269 g/mol. The Morgan fingerprint density at radius 2 is 1.70 bits per heavy atom. The maximum atomic E-state index is 11.2. The third kappa shape index (κ3) is 1.96. The van der Waals surface area contributed by atoms with Gasteiger partial charge in [-0.25, -0.2) is 0 Å². The zero-order chi connectivity index (χ0) is 14.2. The average Bonchev–Trinajstić information content (AvgIpc) is 2.88. The number of benzene rings is 1. The van der Waals surface area contributed by atoms with Crippen LogP contribution in [0.25, 0.3) is 0 Å². The molecule has 1 aromatic carbocycles. The number of nitrogens with zero attached hydrogens (tertiary/aromatic N) is 1. The SMILES string of the molecule is CC(O)(C1CCCCC1)C1(C#N)Cc2ccccc2C1. The standard InChI is InChI=1S/C18H23NO/c1-17(20,16-9-3-2-4-10-16)18(13-19)11-14-7-5-6-8-15(14)12-18/h5-8,16,20H,2-4,9-12H2,1H3. The van der Waals surface area contributed by atoms with Crippen LogP contribution in [0.15, 0.2) is 24.3 Å². The largest absolute Gasteiger partial charge is 0.388 e. The molecule has 1 atom stereocenters. The summed E-state index contributed by atoms with van der Waals surface area (Å²) in [5.41, 5.74) is 0.954. The minimum atomic E-state index is -0.888. The summed E-state index contributed by atoms with van der Waals surface area (Å²) in [4.78, 5) is 0. The molecule has 0 aromatic heterocycles. The van der Waals surface area contributed by atoms with E-state index < -0.39 is 11.0 Å². The molecule has 1 N–H and O–H groups in total. The van der Waals surface area contributed by atoms with Gasteiger partial charge in [0.1, 0.15) is 0 Å². The van der Waals surface area contributed by atoms with Crippen LogP contribution >= 0.6 is 0 Å². The summed E-state index contributed by atoms with van der Waals surface area (Å²) < 4.78 is 0. The van der Waals surface area contributed by atoms with Crippen molar-refractivity contribution < 1.29 is 5.11 Å². The van der Waals surface area contributed by atoms with Crippen LogP contribution in [0, 0.1) is 22.7 Å². The Morgan fingerprint density at radius 3 is 2.20 bits per heavy atom. The lowest BCUT2D eigenvalue weighted by Gasteiger charge is -2.44. The molecule has 2 nitrogen and oxygen atoms in total. The minimum absolute atomic E-state index is 0.269. The number of hydrogen-bond acceptors (Lipinski definition) is 2. The van der Waals surface area contributed by atoms with Gasteiger partial charge >= 0.3 is 0 Å². The third-order valence-corrected chi connectivity index (χ3v) is 5.69. The van der Waals surface area contributed by atoms with Gasteiger partial charge < -0.3 is 5.11 Å².